The third-order valence-corrected chi connectivity index (χ3v) is 6.42. The van der Waals surface area contributed by atoms with Crippen LogP contribution in [0.4, 0.5) is 0 Å². The van der Waals surface area contributed by atoms with Gasteiger partial charge in [-0.1, -0.05) is 36.5 Å². The molecule has 0 radical (unpaired) electrons. The summed E-state index contributed by atoms with van der Waals surface area (Å²) in [6, 6.07) is 23.6. The van der Waals surface area contributed by atoms with Crippen LogP contribution in [0.15, 0.2) is 96.1 Å². The van der Waals surface area contributed by atoms with Crippen LogP contribution in [0.1, 0.15) is 46.0 Å². The van der Waals surface area contributed by atoms with Gasteiger partial charge in [0.2, 0.25) is 0 Å². The van der Waals surface area contributed by atoms with Crippen LogP contribution in [0.2, 0.25) is 10.0 Å². The number of carbonyl (C=O) groups is 3. The molecule has 0 saturated carbocycles. The van der Waals surface area contributed by atoms with Crippen molar-refractivity contribution < 1.29 is 33.3 Å². The molecule has 0 heterocycles. The fraction of sp³-hybridized carbons (Fsp3) is 0.152. The highest BCUT2D eigenvalue weighted by Gasteiger charge is 2.15. The van der Waals surface area contributed by atoms with Crippen LogP contribution in [0.3, 0.4) is 0 Å². The molecule has 0 atom stereocenters. The summed E-state index contributed by atoms with van der Waals surface area (Å²) in [6.07, 6.45) is 3.29. The topological polar surface area (TPSA) is 113 Å². The minimum Gasteiger partial charge on any atom is -0.494 e. The third-order valence-electron chi connectivity index (χ3n) is 5.91. The predicted octanol–water partition coefficient (Wildman–Crippen LogP) is 7.14. The van der Waals surface area contributed by atoms with E-state index in [1.165, 1.54) is 48.7 Å². The molecular weight excluding hydrogens is 607 g/mol. The van der Waals surface area contributed by atoms with Crippen LogP contribution in [0.25, 0.3) is 0 Å². The number of halogens is 2. The Hall–Kier alpha value is -4.86. The summed E-state index contributed by atoms with van der Waals surface area (Å²) in [5, 5.41) is 4.89. The molecule has 11 heteroatoms. The standard InChI is InChI=1S/C33H28Cl2N2O7/c1-2-3-18-41-27-14-16-28(17-15-27)42-21-31(38)37-36-20-24-8-13-29(43-32(39)22-4-9-25(34)10-5-22)19-30(24)44-33(40)23-6-11-26(35)12-7-23/h4-17,19-20H,2-3,18,21H2,1H3,(H,37,38). The number of benzene rings is 4. The summed E-state index contributed by atoms with van der Waals surface area (Å²) in [7, 11) is 0. The van der Waals surface area contributed by atoms with Crippen molar-refractivity contribution in [3.05, 3.63) is 118 Å². The lowest BCUT2D eigenvalue weighted by molar-refractivity contribution is -0.123. The van der Waals surface area contributed by atoms with Crippen molar-refractivity contribution in [3.8, 4) is 23.0 Å². The largest absolute Gasteiger partial charge is 0.494 e. The van der Waals surface area contributed by atoms with Crippen LogP contribution < -0.4 is 24.4 Å². The van der Waals surface area contributed by atoms with Gasteiger partial charge in [0.1, 0.15) is 23.0 Å². The molecule has 0 aromatic heterocycles. The smallest absolute Gasteiger partial charge is 0.343 e. The van der Waals surface area contributed by atoms with Gasteiger partial charge in [-0.15, -0.1) is 0 Å². The van der Waals surface area contributed by atoms with E-state index in [2.05, 4.69) is 17.5 Å². The lowest BCUT2D eigenvalue weighted by Crippen LogP contribution is -2.24. The highest BCUT2D eigenvalue weighted by atomic mass is 35.5. The fourth-order valence-corrected chi connectivity index (χ4v) is 3.84. The molecule has 1 amide bonds. The van der Waals surface area contributed by atoms with Crippen LogP contribution in [0.5, 0.6) is 23.0 Å². The van der Waals surface area contributed by atoms with Crippen molar-refractivity contribution in [3.63, 3.8) is 0 Å². The first-order chi connectivity index (χ1) is 21.3. The van der Waals surface area contributed by atoms with E-state index in [9.17, 15) is 14.4 Å². The molecule has 9 nitrogen and oxygen atoms in total. The van der Waals surface area contributed by atoms with Crippen LogP contribution in [0, 0.1) is 0 Å². The molecule has 226 valence electrons. The Kier molecular flexibility index (Phi) is 11.7. The number of rotatable bonds is 13. The van der Waals surface area contributed by atoms with Gasteiger partial charge in [0.25, 0.3) is 5.91 Å². The second-order valence-electron chi connectivity index (χ2n) is 9.25. The summed E-state index contributed by atoms with van der Waals surface area (Å²) < 4.78 is 22.2. The first kappa shape index (κ1) is 32.1. The van der Waals surface area contributed by atoms with E-state index in [0.717, 1.165) is 18.6 Å². The predicted molar refractivity (Wildman–Crippen MR) is 167 cm³/mol. The maximum Gasteiger partial charge on any atom is 0.343 e. The van der Waals surface area contributed by atoms with E-state index in [-0.39, 0.29) is 29.2 Å². The number of amides is 1. The number of unbranched alkanes of at least 4 members (excludes halogenated alkanes) is 1. The van der Waals surface area contributed by atoms with Gasteiger partial charge in [-0.2, -0.15) is 5.10 Å². The van der Waals surface area contributed by atoms with Gasteiger partial charge in [0.05, 0.1) is 23.9 Å². The molecule has 0 spiro atoms. The van der Waals surface area contributed by atoms with E-state index in [1.54, 1.807) is 48.5 Å². The number of hydrogen-bond donors (Lipinski definition) is 1. The molecule has 0 aliphatic heterocycles. The summed E-state index contributed by atoms with van der Waals surface area (Å²) in [5.41, 5.74) is 3.21. The highest BCUT2D eigenvalue weighted by molar-refractivity contribution is 6.31. The Morgan fingerprint density at radius 3 is 1.86 bits per heavy atom. The number of esters is 2. The number of hydrogen-bond acceptors (Lipinski definition) is 8. The summed E-state index contributed by atoms with van der Waals surface area (Å²) in [5.74, 6) is -0.481. The Morgan fingerprint density at radius 2 is 1.27 bits per heavy atom. The molecule has 4 aromatic carbocycles. The first-order valence-corrected chi connectivity index (χ1v) is 14.3. The fourth-order valence-electron chi connectivity index (χ4n) is 3.59. The number of nitrogens with one attached hydrogen (secondary N) is 1. The van der Waals surface area contributed by atoms with E-state index in [1.807, 2.05) is 0 Å². The van der Waals surface area contributed by atoms with E-state index < -0.39 is 17.8 Å². The van der Waals surface area contributed by atoms with Crippen molar-refractivity contribution in [2.45, 2.75) is 19.8 Å². The zero-order chi connectivity index (χ0) is 31.3. The van der Waals surface area contributed by atoms with Gasteiger partial charge < -0.3 is 18.9 Å². The zero-order valence-electron chi connectivity index (χ0n) is 23.6. The molecule has 1 N–H and O–H groups in total. The lowest BCUT2D eigenvalue weighted by Gasteiger charge is -2.11. The number of ether oxygens (including phenoxy) is 4. The quantitative estimate of drug-likeness (QED) is 0.0547. The molecule has 4 aromatic rings. The molecule has 44 heavy (non-hydrogen) atoms. The monoisotopic (exact) mass is 634 g/mol. The van der Waals surface area contributed by atoms with Crippen molar-refractivity contribution in [2.24, 2.45) is 5.10 Å². The van der Waals surface area contributed by atoms with E-state index in [4.69, 9.17) is 42.1 Å². The molecule has 0 unspecified atom stereocenters. The molecule has 0 bridgehead atoms. The average molecular weight is 636 g/mol. The molecule has 0 fully saturated rings. The summed E-state index contributed by atoms with van der Waals surface area (Å²) in [6.45, 7) is 2.44. The molecule has 4 rings (SSSR count). The Bertz CT molecular complexity index is 1610. The molecular formula is C33H28Cl2N2O7. The minimum absolute atomic E-state index is 0.0295. The summed E-state index contributed by atoms with van der Waals surface area (Å²) in [4.78, 5) is 37.7. The highest BCUT2D eigenvalue weighted by Crippen LogP contribution is 2.26. The second-order valence-corrected chi connectivity index (χ2v) is 10.1. The Labute approximate surface area is 264 Å². The molecule has 0 aliphatic carbocycles. The summed E-state index contributed by atoms with van der Waals surface area (Å²) >= 11 is 11.8. The molecule has 0 aliphatic rings. The second kappa shape index (κ2) is 16.1. The van der Waals surface area contributed by atoms with Crippen molar-refractivity contribution in [2.75, 3.05) is 13.2 Å². The maximum atomic E-state index is 12.8. The Balaban J connectivity index is 1.41. The Morgan fingerprint density at radius 1 is 0.727 bits per heavy atom. The van der Waals surface area contributed by atoms with Crippen LogP contribution in [-0.2, 0) is 4.79 Å². The van der Waals surface area contributed by atoms with Gasteiger partial charge in [-0.3, -0.25) is 4.79 Å². The van der Waals surface area contributed by atoms with Crippen LogP contribution >= 0.6 is 23.2 Å². The van der Waals surface area contributed by atoms with Crippen molar-refractivity contribution >= 4 is 47.3 Å². The lowest BCUT2D eigenvalue weighted by atomic mass is 10.2. The van der Waals surface area contributed by atoms with Gasteiger partial charge in [0, 0.05) is 21.7 Å². The molecule has 0 saturated heterocycles. The SMILES string of the molecule is CCCCOc1ccc(OCC(=O)NN=Cc2ccc(OC(=O)c3ccc(Cl)cc3)cc2OC(=O)c2ccc(Cl)cc2)cc1. The average Bonchev–Trinajstić information content (AvgIpc) is 3.02. The first-order valence-electron chi connectivity index (χ1n) is 13.6. The normalized spacial score (nSPS) is 10.7. The maximum absolute atomic E-state index is 12.8. The van der Waals surface area contributed by atoms with Crippen molar-refractivity contribution in [1.29, 1.82) is 0 Å². The number of nitrogens with zero attached hydrogens (tertiary/aromatic N) is 1. The van der Waals surface area contributed by atoms with Gasteiger partial charge in [-0.25, -0.2) is 15.0 Å². The van der Waals surface area contributed by atoms with Gasteiger partial charge in [-0.05, 0) is 91.3 Å². The van der Waals surface area contributed by atoms with E-state index in [0.29, 0.717) is 28.0 Å². The van der Waals surface area contributed by atoms with Crippen LogP contribution in [-0.4, -0.2) is 37.3 Å². The van der Waals surface area contributed by atoms with Crippen molar-refractivity contribution in [1.82, 2.24) is 5.43 Å². The van der Waals surface area contributed by atoms with Gasteiger partial charge in [0.15, 0.2) is 6.61 Å². The van der Waals surface area contributed by atoms with Gasteiger partial charge >= 0.3 is 11.9 Å². The minimum atomic E-state index is -0.684. The van der Waals surface area contributed by atoms with E-state index >= 15 is 0 Å². The number of hydrazone groups is 1. The third kappa shape index (κ3) is 9.86. The zero-order valence-corrected chi connectivity index (χ0v) is 25.1. The number of carbonyl (C=O) groups excluding carboxylic acids is 3.